The molecule has 1 heterocycles. The van der Waals surface area contributed by atoms with E-state index in [1.165, 1.54) is 32.1 Å². The molecule has 0 aromatic carbocycles. The van der Waals surface area contributed by atoms with Gasteiger partial charge < -0.3 is 0 Å². The maximum atomic E-state index is 2.41. The normalized spacial score (nSPS) is 32.6. The van der Waals surface area contributed by atoms with Crippen molar-refractivity contribution in [1.82, 2.24) is 0 Å². The Labute approximate surface area is 89.2 Å². The molecule has 2 aliphatic rings. The summed E-state index contributed by atoms with van der Waals surface area (Å²) < 4.78 is 0. The molecule has 2 rings (SSSR count). The Morgan fingerprint density at radius 3 is 2.29 bits per heavy atom. The summed E-state index contributed by atoms with van der Waals surface area (Å²) in [5, 5.41) is 1.79. The van der Waals surface area contributed by atoms with Crippen molar-refractivity contribution in [3.8, 4) is 0 Å². The SMILES string of the molecule is CC[C@H]1CC[C@H](CC)P1C1=CC=CC1. The van der Waals surface area contributed by atoms with Gasteiger partial charge in [0, 0.05) is 0 Å². The molecule has 0 radical (unpaired) electrons. The zero-order valence-electron chi connectivity index (χ0n) is 9.37. The lowest BCUT2D eigenvalue weighted by Gasteiger charge is -2.25. The van der Waals surface area contributed by atoms with Crippen LogP contribution in [0.5, 0.6) is 0 Å². The van der Waals surface area contributed by atoms with Gasteiger partial charge >= 0.3 is 0 Å². The summed E-state index contributed by atoms with van der Waals surface area (Å²) in [6, 6.07) is 0. The Balaban J connectivity index is 2.11. The van der Waals surface area contributed by atoms with Gasteiger partial charge in [-0.05, 0) is 48.7 Å². The lowest BCUT2D eigenvalue weighted by molar-refractivity contribution is 0.696. The fraction of sp³-hybridized carbons (Fsp3) is 0.692. The van der Waals surface area contributed by atoms with Crippen LogP contribution >= 0.6 is 7.92 Å². The topological polar surface area (TPSA) is 0 Å². The van der Waals surface area contributed by atoms with Gasteiger partial charge in [-0.15, -0.1) is 0 Å². The van der Waals surface area contributed by atoms with Crippen molar-refractivity contribution in [2.24, 2.45) is 0 Å². The van der Waals surface area contributed by atoms with Gasteiger partial charge in [0.1, 0.15) is 0 Å². The minimum absolute atomic E-state index is 0.225. The van der Waals surface area contributed by atoms with Crippen molar-refractivity contribution in [2.75, 3.05) is 0 Å². The van der Waals surface area contributed by atoms with Crippen LogP contribution in [0.4, 0.5) is 0 Å². The van der Waals surface area contributed by atoms with Crippen molar-refractivity contribution in [2.45, 2.75) is 57.3 Å². The largest absolute Gasteiger partial charge is 0.0801 e. The van der Waals surface area contributed by atoms with Crippen molar-refractivity contribution >= 4 is 7.92 Å². The second-order valence-electron chi connectivity index (χ2n) is 4.40. The van der Waals surface area contributed by atoms with Gasteiger partial charge in [-0.25, -0.2) is 0 Å². The summed E-state index contributed by atoms with van der Waals surface area (Å²) in [4.78, 5) is 0. The summed E-state index contributed by atoms with van der Waals surface area (Å²) in [6.07, 6.45) is 14.1. The first kappa shape index (κ1) is 10.4. The van der Waals surface area contributed by atoms with Crippen LogP contribution in [0.2, 0.25) is 0 Å². The fourth-order valence-corrected chi connectivity index (χ4v) is 6.61. The van der Waals surface area contributed by atoms with E-state index in [9.17, 15) is 0 Å². The molecule has 2 atom stereocenters. The van der Waals surface area contributed by atoms with Crippen LogP contribution in [-0.4, -0.2) is 11.3 Å². The molecule has 0 saturated carbocycles. The minimum Gasteiger partial charge on any atom is -0.0801 e. The number of rotatable bonds is 3. The predicted molar refractivity (Wildman–Crippen MR) is 66.2 cm³/mol. The van der Waals surface area contributed by atoms with Crippen molar-refractivity contribution < 1.29 is 0 Å². The molecular weight excluding hydrogens is 187 g/mol. The molecule has 1 aliphatic carbocycles. The second kappa shape index (κ2) is 4.62. The van der Waals surface area contributed by atoms with Crippen molar-refractivity contribution in [3.63, 3.8) is 0 Å². The molecule has 78 valence electrons. The van der Waals surface area contributed by atoms with Crippen LogP contribution in [-0.2, 0) is 0 Å². The van der Waals surface area contributed by atoms with Gasteiger partial charge in [-0.3, -0.25) is 0 Å². The average Bonchev–Trinajstić information content (AvgIpc) is 2.85. The molecule has 1 saturated heterocycles. The summed E-state index contributed by atoms with van der Waals surface area (Å²) in [5.41, 5.74) is 2.09. The highest BCUT2D eigenvalue weighted by molar-refractivity contribution is 7.63. The highest BCUT2D eigenvalue weighted by Crippen LogP contribution is 2.64. The summed E-state index contributed by atoms with van der Waals surface area (Å²) in [7, 11) is 0.225. The standard InChI is InChI=1S/C13H21P/c1-3-11-9-10-12(4-2)14(11)13-7-5-6-8-13/h5-7,11-12H,3-4,8-10H2,1-2H3/t11-,12-/m0/s1. The molecule has 0 nitrogen and oxygen atoms in total. The van der Waals surface area contributed by atoms with Gasteiger partial charge in [0.2, 0.25) is 0 Å². The minimum atomic E-state index is 0.225. The fourth-order valence-electron chi connectivity index (χ4n) is 2.86. The van der Waals surface area contributed by atoms with Crippen LogP contribution in [0, 0.1) is 0 Å². The van der Waals surface area contributed by atoms with Gasteiger partial charge in [0.15, 0.2) is 0 Å². The van der Waals surface area contributed by atoms with E-state index in [1.54, 1.807) is 5.31 Å². The molecule has 0 bridgehead atoms. The Hall–Kier alpha value is -0.0900. The average molecular weight is 208 g/mol. The van der Waals surface area contributed by atoms with E-state index >= 15 is 0 Å². The van der Waals surface area contributed by atoms with Gasteiger partial charge in [-0.1, -0.05) is 40.0 Å². The third kappa shape index (κ3) is 1.82. The first-order valence-corrected chi connectivity index (χ1v) is 7.48. The third-order valence-corrected chi connectivity index (χ3v) is 7.46. The maximum absolute atomic E-state index is 2.41. The smallest absolute Gasteiger partial charge is 0.00897 e. The highest BCUT2D eigenvalue weighted by Gasteiger charge is 2.35. The van der Waals surface area contributed by atoms with Gasteiger partial charge in [0.25, 0.3) is 0 Å². The molecule has 1 fully saturated rings. The number of allylic oxidation sites excluding steroid dienone is 4. The lowest BCUT2D eigenvalue weighted by atomic mass is 10.1. The van der Waals surface area contributed by atoms with E-state index in [0.717, 1.165) is 11.3 Å². The van der Waals surface area contributed by atoms with E-state index in [2.05, 4.69) is 32.1 Å². The molecule has 0 aromatic rings. The molecule has 1 aliphatic heterocycles. The molecule has 0 spiro atoms. The molecule has 1 heteroatoms. The number of hydrogen-bond donors (Lipinski definition) is 0. The molecule has 0 aromatic heterocycles. The van der Waals surface area contributed by atoms with Crippen molar-refractivity contribution in [3.05, 3.63) is 23.5 Å². The quantitative estimate of drug-likeness (QED) is 0.591. The van der Waals surface area contributed by atoms with Crippen LogP contribution in [0.3, 0.4) is 0 Å². The third-order valence-electron chi connectivity index (χ3n) is 3.65. The van der Waals surface area contributed by atoms with E-state index in [4.69, 9.17) is 0 Å². The van der Waals surface area contributed by atoms with Crippen LogP contribution in [0.25, 0.3) is 0 Å². The summed E-state index contributed by atoms with van der Waals surface area (Å²) >= 11 is 0. The molecule has 0 N–H and O–H groups in total. The number of hydrogen-bond acceptors (Lipinski definition) is 0. The summed E-state index contributed by atoms with van der Waals surface area (Å²) in [5.74, 6) is 0. The Bertz CT molecular complexity index is 240. The van der Waals surface area contributed by atoms with Gasteiger partial charge in [-0.2, -0.15) is 0 Å². The lowest BCUT2D eigenvalue weighted by Crippen LogP contribution is -2.03. The van der Waals surface area contributed by atoms with E-state index in [1.807, 2.05) is 0 Å². The van der Waals surface area contributed by atoms with Crippen LogP contribution < -0.4 is 0 Å². The van der Waals surface area contributed by atoms with Crippen LogP contribution in [0.15, 0.2) is 23.5 Å². The first-order chi connectivity index (χ1) is 6.86. The zero-order chi connectivity index (χ0) is 9.97. The van der Waals surface area contributed by atoms with E-state index in [-0.39, 0.29) is 7.92 Å². The Morgan fingerprint density at radius 2 is 1.86 bits per heavy atom. The highest BCUT2D eigenvalue weighted by atomic mass is 31.1. The zero-order valence-corrected chi connectivity index (χ0v) is 10.3. The molecule has 0 amide bonds. The van der Waals surface area contributed by atoms with Crippen molar-refractivity contribution in [1.29, 1.82) is 0 Å². The second-order valence-corrected chi connectivity index (χ2v) is 7.25. The Kier molecular flexibility index (Phi) is 3.44. The monoisotopic (exact) mass is 208 g/mol. The van der Waals surface area contributed by atoms with Gasteiger partial charge in [0.05, 0.1) is 0 Å². The van der Waals surface area contributed by atoms with Crippen LogP contribution in [0.1, 0.15) is 46.0 Å². The molecular formula is C13H21P. The summed E-state index contributed by atoms with van der Waals surface area (Å²) in [6.45, 7) is 4.75. The van der Waals surface area contributed by atoms with E-state index in [0.29, 0.717) is 0 Å². The Morgan fingerprint density at radius 1 is 1.21 bits per heavy atom. The predicted octanol–water partition coefficient (Wildman–Crippen LogP) is 4.66. The molecule has 14 heavy (non-hydrogen) atoms. The first-order valence-electron chi connectivity index (χ1n) is 6.00. The maximum Gasteiger partial charge on any atom is -0.00897 e. The molecule has 0 unspecified atom stereocenters. The van der Waals surface area contributed by atoms with E-state index < -0.39 is 0 Å².